The van der Waals surface area contributed by atoms with Gasteiger partial charge in [0.25, 0.3) is 0 Å². The molecule has 0 fully saturated rings. The van der Waals surface area contributed by atoms with Gasteiger partial charge in [-0.3, -0.25) is 9.97 Å². The minimum absolute atomic E-state index is 0.778. The fourth-order valence-electron chi connectivity index (χ4n) is 2.92. The zero-order valence-electron chi connectivity index (χ0n) is 15.6. The van der Waals surface area contributed by atoms with Crippen molar-refractivity contribution in [2.75, 3.05) is 0 Å². The van der Waals surface area contributed by atoms with Crippen molar-refractivity contribution < 1.29 is 0 Å². The third-order valence-corrected chi connectivity index (χ3v) is 4.53. The maximum absolute atomic E-state index is 4.54. The number of nitrogens with zero attached hydrogens (tertiary/aromatic N) is 2. The van der Waals surface area contributed by atoms with Crippen LogP contribution >= 0.6 is 0 Å². The molecule has 0 atom stereocenters. The van der Waals surface area contributed by atoms with Crippen molar-refractivity contribution in [2.45, 2.75) is 60.4 Å². The molecule has 0 aliphatic rings. The highest BCUT2D eigenvalue weighted by Gasteiger charge is 2.01. The molecule has 2 aromatic heterocycles. The Morgan fingerprint density at radius 1 is 1.12 bits per heavy atom. The second-order valence-electron chi connectivity index (χ2n) is 6.19. The van der Waals surface area contributed by atoms with Gasteiger partial charge in [-0.2, -0.15) is 0 Å². The Morgan fingerprint density at radius 3 is 2.50 bits per heavy atom. The molecule has 0 bridgehead atoms. The van der Waals surface area contributed by atoms with Crippen molar-refractivity contribution in [3.8, 4) is 0 Å². The number of hydrogen-bond acceptors (Lipinski definition) is 3. The summed E-state index contributed by atoms with van der Waals surface area (Å²) in [5.74, 6) is 0. The van der Waals surface area contributed by atoms with Gasteiger partial charge in [0.1, 0.15) is 0 Å². The van der Waals surface area contributed by atoms with Crippen LogP contribution in [0.3, 0.4) is 0 Å². The Kier molecular flexibility index (Phi) is 6.53. The van der Waals surface area contributed by atoms with Gasteiger partial charge < -0.3 is 5.32 Å². The van der Waals surface area contributed by atoms with Crippen LogP contribution in [-0.2, 0) is 19.4 Å². The first-order chi connectivity index (χ1) is 11.6. The summed E-state index contributed by atoms with van der Waals surface area (Å²) in [6, 6.07) is 4.34. The lowest BCUT2D eigenvalue weighted by atomic mass is 10.1. The van der Waals surface area contributed by atoms with E-state index in [2.05, 4.69) is 68.2 Å². The smallest absolute Gasteiger partial charge is 0.0493 e. The average molecular weight is 323 g/mol. The first-order valence-corrected chi connectivity index (χ1v) is 8.92. The molecule has 0 amide bonds. The second kappa shape index (κ2) is 8.62. The van der Waals surface area contributed by atoms with Crippen LogP contribution in [0.5, 0.6) is 0 Å². The molecule has 0 saturated carbocycles. The fraction of sp³-hybridized carbons (Fsp3) is 0.429. The lowest BCUT2D eigenvalue weighted by Crippen LogP contribution is -2.33. The number of nitrogens with one attached hydrogen (secondary N) is 1. The number of aryl methyl sites for hydroxylation is 3. The van der Waals surface area contributed by atoms with Crippen LogP contribution in [-0.4, -0.2) is 9.97 Å². The van der Waals surface area contributed by atoms with E-state index in [9.17, 15) is 0 Å². The maximum Gasteiger partial charge on any atom is 0.0493 e. The summed E-state index contributed by atoms with van der Waals surface area (Å²) in [5, 5.41) is 5.97. The van der Waals surface area contributed by atoms with Gasteiger partial charge in [0.2, 0.25) is 0 Å². The summed E-state index contributed by atoms with van der Waals surface area (Å²) < 4.78 is 0. The van der Waals surface area contributed by atoms with Crippen molar-refractivity contribution in [3.63, 3.8) is 0 Å². The first kappa shape index (κ1) is 18.2. The summed E-state index contributed by atoms with van der Waals surface area (Å²) in [6.45, 7) is 11.6. The molecule has 0 aliphatic carbocycles. The summed E-state index contributed by atoms with van der Waals surface area (Å²) in [7, 11) is 0. The standard InChI is InChI=1S/C21H29N3/c1-6-15(4)18-9-10-23-21(8-3)19(18)14-22-12-17-11-16(5)20(7-2)24-13-17/h9-11,13-14,22H,6-8,12H2,1-5H3/b18-15-,19-14+. The summed E-state index contributed by atoms with van der Waals surface area (Å²) >= 11 is 0. The van der Waals surface area contributed by atoms with Crippen LogP contribution < -0.4 is 15.8 Å². The van der Waals surface area contributed by atoms with E-state index in [1.807, 2.05) is 12.4 Å². The third-order valence-electron chi connectivity index (χ3n) is 4.53. The van der Waals surface area contributed by atoms with E-state index < -0.39 is 0 Å². The third kappa shape index (κ3) is 4.22. The molecule has 0 spiro atoms. The molecule has 0 aromatic carbocycles. The topological polar surface area (TPSA) is 37.8 Å². The SMILES string of the molecule is CC/C(C)=c1/ccnc(CC)/c1=C/NCc1cnc(CC)c(C)c1. The van der Waals surface area contributed by atoms with Crippen LogP contribution in [0.15, 0.2) is 24.5 Å². The van der Waals surface area contributed by atoms with Crippen molar-refractivity contribution in [1.29, 1.82) is 0 Å². The summed E-state index contributed by atoms with van der Waals surface area (Å²) in [4.78, 5) is 9.08. The predicted molar refractivity (Wildman–Crippen MR) is 102 cm³/mol. The van der Waals surface area contributed by atoms with Crippen molar-refractivity contribution in [1.82, 2.24) is 15.3 Å². The predicted octanol–water partition coefficient (Wildman–Crippen LogP) is 3.02. The highest BCUT2D eigenvalue weighted by atomic mass is 14.8. The van der Waals surface area contributed by atoms with Gasteiger partial charge >= 0.3 is 0 Å². The lowest BCUT2D eigenvalue weighted by molar-refractivity contribution is 0.882. The molecule has 0 saturated heterocycles. The van der Waals surface area contributed by atoms with Gasteiger partial charge in [-0.1, -0.05) is 32.4 Å². The van der Waals surface area contributed by atoms with Gasteiger partial charge in [-0.15, -0.1) is 0 Å². The van der Waals surface area contributed by atoms with E-state index in [1.165, 1.54) is 32.8 Å². The highest BCUT2D eigenvalue weighted by molar-refractivity contribution is 5.44. The zero-order valence-corrected chi connectivity index (χ0v) is 15.6. The second-order valence-corrected chi connectivity index (χ2v) is 6.19. The minimum Gasteiger partial charge on any atom is -0.386 e. The van der Waals surface area contributed by atoms with E-state index in [1.54, 1.807) is 0 Å². The van der Waals surface area contributed by atoms with Crippen LogP contribution in [0.25, 0.3) is 11.8 Å². The Bertz CT molecular complexity index is 806. The Morgan fingerprint density at radius 2 is 1.88 bits per heavy atom. The molecule has 2 aromatic rings. The van der Waals surface area contributed by atoms with E-state index in [4.69, 9.17) is 0 Å². The monoisotopic (exact) mass is 323 g/mol. The van der Waals surface area contributed by atoms with E-state index in [0.717, 1.165) is 31.5 Å². The molecule has 24 heavy (non-hydrogen) atoms. The highest BCUT2D eigenvalue weighted by Crippen LogP contribution is 2.08. The van der Waals surface area contributed by atoms with Gasteiger partial charge in [0.15, 0.2) is 0 Å². The summed E-state index contributed by atoms with van der Waals surface area (Å²) in [6.07, 6.45) is 8.97. The molecular weight excluding hydrogens is 294 g/mol. The average Bonchev–Trinajstić information content (AvgIpc) is 2.61. The minimum atomic E-state index is 0.778. The molecule has 3 heteroatoms. The number of rotatable bonds is 6. The van der Waals surface area contributed by atoms with Crippen LogP contribution in [0, 0.1) is 6.92 Å². The molecule has 0 radical (unpaired) electrons. The summed E-state index contributed by atoms with van der Waals surface area (Å²) in [5.41, 5.74) is 6.19. The van der Waals surface area contributed by atoms with Gasteiger partial charge in [0, 0.05) is 41.7 Å². The molecule has 128 valence electrons. The van der Waals surface area contributed by atoms with E-state index in [-0.39, 0.29) is 0 Å². The molecular formula is C21H29N3. The Balaban J connectivity index is 2.31. The molecule has 0 aliphatic heterocycles. The molecule has 3 nitrogen and oxygen atoms in total. The molecule has 2 rings (SSSR count). The van der Waals surface area contributed by atoms with Crippen molar-refractivity contribution in [2.24, 2.45) is 0 Å². The molecule has 2 heterocycles. The zero-order chi connectivity index (χ0) is 17.5. The van der Waals surface area contributed by atoms with Gasteiger partial charge in [0.05, 0.1) is 0 Å². The van der Waals surface area contributed by atoms with Gasteiger partial charge in [-0.05, 0) is 55.5 Å². The van der Waals surface area contributed by atoms with Crippen LogP contribution in [0.4, 0.5) is 0 Å². The number of pyridine rings is 2. The van der Waals surface area contributed by atoms with Crippen LogP contribution in [0.1, 0.15) is 56.6 Å². The molecule has 0 unspecified atom stereocenters. The Hall–Kier alpha value is -2.16. The van der Waals surface area contributed by atoms with Crippen molar-refractivity contribution >= 4 is 11.8 Å². The Labute approximate surface area is 145 Å². The van der Waals surface area contributed by atoms with Crippen molar-refractivity contribution in [3.05, 3.63) is 57.5 Å². The number of aromatic nitrogens is 2. The lowest BCUT2D eigenvalue weighted by Gasteiger charge is -2.07. The fourth-order valence-corrected chi connectivity index (χ4v) is 2.92. The first-order valence-electron chi connectivity index (χ1n) is 8.92. The molecule has 1 N–H and O–H groups in total. The normalized spacial score (nSPS) is 13.1. The van der Waals surface area contributed by atoms with E-state index >= 15 is 0 Å². The number of hydrogen-bond donors (Lipinski definition) is 1. The largest absolute Gasteiger partial charge is 0.386 e. The van der Waals surface area contributed by atoms with Crippen LogP contribution in [0.2, 0.25) is 0 Å². The maximum atomic E-state index is 4.54. The van der Waals surface area contributed by atoms with Gasteiger partial charge in [-0.25, -0.2) is 0 Å². The quantitative estimate of drug-likeness (QED) is 0.888. The van der Waals surface area contributed by atoms with E-state index in [0.29, 0.717) is 0 Å².